The molecular weight excluding hydrogens is 302 g/mol. The lowest BCUT2D eigenvalue weighted by Gasteiger charge is -2.08. The number of aryl methyl sites for hydroxylation is 1. The molecule has 2 heterocycles. The number of hydrogen-bond donors (Lipinski definition) is 1. The van der Waals surface area contributed by atoms with Gasteiger partial charge in [0.05, 0.1) is 11.3 Å². The Morgan fingerprint density at radius 1 is 1.36 bits per heavy atom. The zero-order valence-corrected chi connectivity index (χ0v) is 13.1. The molecule has 0 aliphatic carbocycles. The summed E-state index contributed by atoms with van der Waals surface area (Å²) in [5.41, 5.74) is 2.10. The first-order valence-corrected chi connectivity index (χ1v) is 7.94. The predicted octanol–water partition coefficient (Wildman–Crippen LogP) is 2.17. The van der Waals surface area contributed by atoms with Crippen molar-refractivity contribution in [3.8, 4) is 11.5 Å². The number of rotatable bonds is 4. The number of carbonyl (C=O) groups is 1. The molecule has 0 radical (unpaired) electrons. The summed E-state index contributed by atoms with van der Waals surface area (Å²) < 4.78 is 10.6. The van der Waals surface area contributed by atoms with Crippen LogP contribution in [0.1, 0.15) is 21.6 Å². The minimum Gasteiger partial charge on any atom is -0.454 e. The topological polar surface area (TPSA) is 73.3 Å². The van der Waals surface area contributed by atoms with Gasteiger partial charge in [-0.05, 0) is 30.9 Å². The van der Waals surface area contributed by atoms with Crippen molar-refractivity contribution < 1.29 is 14.3 Å². The van der Waals surface area contributed by atoms with Gasteiger partial charge in [-0.2, -0.15) is 0 Å². The summed E-state index contributed by atoms with van der Waals surface area (Å²) >= 11 is 1.45. The molecule has 1 aliphatic rings. The van der Waals surface area contributed by atoms with E-state index in [-0.39, 0.29) is 12.7 Å². The number of amides is 1. The molecule has 0 atom stereocenters. The maximum atomic E-state index is 12.2. The quantitative estimate of drug-likeness (QED) is 0.688. The largest absolute Gasteiger partial charge is 0.454 e. The molecule has 0 fully saturated rings. The van der Waals surface area contributed by atoms with Gasteiger partial charge in [-0.15, -0.1) is 0 Å². The second-order valence-electron chi connectivity index (χ2n) is 4.73. The van der Waals surface area contributed by atoms with Crippen LogP contribution in [-0.2, 0) is 6.54 Å². The Kier molecular flexibility index (Phi) is 4.15. The summed E-state index contributed by atoms with van der Waals surface area (Å²) in [6, 6.07) is 5.60. The minimum atomic E-state index is -0.192. The number of carbonyl (C=O) groups excluding carboxylic acids is 1. The predicted molar refractivity (Wildman–Crippen MR) is 82.3 cm³/mol. The average Bonchev–Trinajstić information content (AvgIpc) is 3.00. The number of nitrogens with one attached hydrogen (secondary N) is 1. The van der Waals surface area contributed by atoms with Crippen LogP contribution in [0.25, 0.3) is 0 Å². The van der Waals surface area contributed by atoms with Crippen LogP contribution in [0.5, 0.6) is 11.5 Å². The van der Waals surface area contributed by atoms with E-state index in [1.165, 1.54) is 11.8 Å². The number of aromatic nitrogens is 2. The summed E-state index contributed by atoms with van der Waals surface area (Å²) in [5.74, 6) is 1.24. The third kappa shape index (κ3) is 2.99. The van der Waals surface area contributed by atoms with Crippen molar-refractivity contribution in [1.29, 1.82) is 0 Å². The van der Waals surface area contributed by atoms with E-state index < -0.39 is 0 Å². The van der Waals surface area contributed by atoms with Crippen LogP contribution in [0.2, 0.25) is 0 Å². The van der Waals surface area contributed by atoms with Crippen LogP contribution in [0, 0.1) is 6.92 Å². The molecule has 1 aromatic carbocycles. The van der Waals surface area contributed by atoms with Gasteiger partial charge in [0.25, 0.3) is 5.91 Å². The molecule has 7 heteroatoms. The van der Waals surface area contributed by atoms with Gasteiger partial charge in [0.2, 0.25) is 6.79 Å². The van der Waals surface area contributed by atoms with E-state index >= 15 is 0 Å². The smallest absolute Gasteiger partial charge is 0.254 e. The highest BCUT2D eigenvalue weighted by Crippen LogP contribution is 2.32. The van der Waals surface area contributed by atoms with Gasteiger partial charge >= 0.3 is 0 Å². The molecule has 0 bridgehead atoms. The monoisotopic (exact) mass is 317 g/mol. The number of fused-ring (bicyclic) bond motifs is 1. The zero-order valence-electron chi connectivity index (χ0n) is 12.3. The second-order valence-corrected chi connectivity index (χ2v) is 5.50. The van der Waals surface area contributed by atoms with Crippen LogP contribution >= 0.6 is 11.8 Å². The third-order valence-corrected chi connectivity index (χ3v) is 3.84. The Morgan fingerprint density at radius 2 is 2.18 bits per heavy atom. The maximum absolute atomic E-state index is 12.2. The Balaban J connectivity index is 1.67. The van der Waals surface area contributed by atoms with E-state index in [1.54, 1.807) is 13.1 Å². The summed E-state index contributed by atoms with van der Waals surface area (Å²) in [6.07, 6.45) is 3.46. The number of hydrogen-bond acceptors (Lipinski definition) is 6. The van der Waals surface area contributed by atoms with Gasteiger partial charge in [0.1, 0.15) is 0 Å². The molecule has 0 unspecified atom stereocenters. The van der Waals surface area contributed by atoms with Crippen molar-refractivity contribution in [2.75, 3.05) is 13.0 Å². The molecule has 0 saturated heterocycles. The second kappa shape index (κ2) is 6.23. The molecule has 1 aromatic heterocycles. The first-order valence-electron chi connectivity index (χ1n) is 6.71. The SMILES string of the molecule is CSc1ncc(C(=O)NCc2ccc3c(c2)OCO3)c(C)n1. The van der Waals surface area contributed by atoms with E-state index in [1.807, 2.05) is 24.5 Å². The van der Waals surface area contributed by atoms with Gasteiger partial charge in [-0.3, -0.25) is 4.79 Å². The minimum absolute atomic E-state index is 0.192. The maximum Gasteiger partial charge on any atom is 0.254 e. The van der Waals surface area contributed by atoms with E-state index in [0.29, 0.717) is 28.7 Å². The molecule has 6 nitrogen and oxygen atoms in total. The summed E-state index contributed by atoms with van der Waals surface area (Å²) in [6.45, 7) is 2.44. The molecule has 22 heavy (non-hydrogen) atoms. The van der Waals surface area contributed by atoms with Crippen molar-refractivity contribution in [3.63, 3.8) is 0 Å². The molecule has 1 amide bonds. The lowest BCUT2D eigenvalue weighted by atomic mass is 10.2. The van der Waals surface area contributed by atoms with Gasteiger partial charge in [0.15, 0.2) is 16.7 Å². The molecule has 1 N–H and O–H groups in total. The first-order chi connectivity index (χ1) is 10.7. The van der Waals surface area contributed by atoms with Crippen molar-refractivity contribution in [2.24, 2.45) is 0 Å². The molecule has 0 spiro atoms. The lowest BCUT2D eigenvalue weighted by Crippen LogP contribution is -2.24. The Morgan fingerprint density at radius 3 is 2.95 bits per heavy atom. The molecule has 3 rings (SSSR count). The number of thioether (sulfide) groups is 1. The third-order valence-electron chi connectivity index (χ3n) is 3.27. The van der Waals surface area contributed by atoms with Crippen molar-refractivity contribution in [2.45, 2.75) is 18.6 Å². The van der Waals surface area contributed by atoms with Gasteiger partial charge < -0.3 is 14.8 Å². The van der Waals surface area contributed by atoms with Crippen LogP contribution < -0.4 is 14.8 Å². The fourth-order valence-electron chi connectivity index (χ4n) is 2.10. The number of nitrogens with zero attached hydrogens (tertiary/aromatic N) is 2. The van der Waals surface area contributed by atoms with E-state index in [2.05, 4.69) is 15.3 Å². The Bertz CT molecular complexity index is 721. The van der Waals surface area contributed by atoms with Crippen LogP contribution in [0.4, 0.5) is 0 Å². The molecule has 0 saturated carbocycles. The Labute approximate surface area is 132 Å². The fraction of sp³-hybridized carbons (Fsp3) is 0.267. The van der Waals surface area contributed by atoms with E-state index in [4.69, 9.17) is 9.47 Å². The van der Waals surface area contributed by atoms with Gasteiger partial charge in [-0.25, -0.2) is 9.97 Å². The Hall–Kier alpha value is -2.28. The number of benzene rings is 1. The molecule has 2 aromatic rings. The fourth-order valence-corrected chi connectivity index (χ4v) is 2.48. The molecule has 1 aliphatic heterocycles. The highest BCUT2D eigenvalue weighted by atomic mass is 32.2. The van der Waals surface area contributed by atoms with Gasteiger partial charge in [-0.1, -0.05) is 17.8 Å². The van der Waals surface area contributed by atoms with E-state index in [9.17, 15) is 4.79 Å². The van der Waals surface area contributed by atoms with Gasteiger partial charge in [0, 0.05) is 12.7 Å². The summed E-state index contributed by atoms with van der Waals surface area (Å²) in [5, 5.41) is 3.52. The van der Waals surface area contributed by atoms with Crippen LogP contribution in [-0.4, -0.2) is 28.9 Å². The summed E-state index contributed by atoms with van der Waals surface area (Å²) in [7, 11) is 0. The highest BCUT2D eigenvalue weighted by molar-refractivity contribution is 7.98. The molecular formula is C15H15N3O3S. The van der Waals surface area contributed by atoms with Crippen molar-refractivity contribution in [1.82, 2.24) is 15.3 Å². The first kappa shape index (κ1) is 14.6. The lowest BCUT2D eigenvalue weighted by molar-refractivity contribution is 0.0949. The standard InChI is InChI=1S/C15H15N3O3S/c1-9-11(7-17-15(18-9)22-2)14(19)16-6-10-3-4-12-13(5-10)21-8-20-12/h3-5,7H,6,8H2,1-2H3,(H,16,19). The van der Waals surface area contributed by atoms with E-state index in [0.717, 1.165) is 11.3 Å². The summed E-state index contributed by atoms with van der Waals surface area (Å²) in [4.78, 5) is 20.6. The van der Waals surface area contributed by atoms with Crippen LogP contribution in [0.3, 0.4) is 0 Å². The highest BCUT2D eigenvalue weighted by Gasteiger charge is 2.15. The normalized spacial score (nSPS) is 12.3. The zero-order chi connectivity index (χ0) is 15.5. The van der Waals surface area contributed by atoms with Crippen LogP contribution in [0.15, 0.2) is 29.6 Å². The van der Waals surface area contributed by atoms with Crippen molar-refractivity contribution >= 4 is 17.7 Å². The number of ether oxygens (including phenoxy) is 2. The average molecular weight is 317 g/mol. The van der Waals surface area contributed by atoms with Crippen molar-refractivity contribution in [3.05, 3.63) is 41.2 Å². The molecule has 114 valence electrons.